The van der Waals surface area contributed by atoms with E-state index in [9.17, 15) is 9.59 Å². The van der Waals surface area contributed by atoms with E-state index in [1.54, 1.807) is 24.3 Å². The Morgan fingerprint density at radius 3 is 2.11 bits per heavy atom. The number of rotatable bonds is 7. The third kappa shape index (κ3) is 5.44. The van der Waals surface area contributed by atoms with E-state index in [2.05, 4.69) is 10.6 Å². The first-order valence-electron chi connectivity index (χ1n) is 9.04. The Balaban J connectivity index is 1.70. The summed E-state index contributed by atoms with van der Waals surface area (Å²) in [5, 5.41) is 6.22. The molecule has 0 fully saturated rings. The average Bonchev–Trinajstić information content (AvgIpc) is 2.73. The minimum absolute atomic E-state index is 0.132. The smallest absolute Gasteiger partial charge is 0.253 e. The van der Waals surface area contributed by atoms with Crippen molar-refractivity contribution in [2.45, 2.75) is 19.0 Å². The van der Waals surface area contributed by atoms with E-state index >= 15 is 0 Å². The van der Waals surface area contributed by atoms with Crippen LogP contribution in [0.2, 0.25) is 5.02 Å². The fourth-order valence-electron chi connectivity index (χ4n) is 2.87. The highest BCUT2D eigenvalue weighted by molar-refractivity contribution is 6.33. The van der Waals surface area contributed by atoms with E-state index in [0.717, 1.165) is 11.1 Å². The van der Waals surface area contributed by atoms with E-state index in [0.29, 0.717) is 17.1 Å². The quantitative estimate of drug-likeness (QED) is 0.621. The second-order valence-electron chi connectivity index (χ2n) is 6.38. The number of nitrogens with one attached hydrogen (secondary N) is 2. The van der Waals surface area contributed by atoms with Gasteiger partial charge in [-0.15, -0.1) is 0 Å². The molecular formula is C23H21ClN2O2. The summed E-state index contributed by atoms with van der Waals surface area (Å²) >= 11 is 6.13. The van der Waals surface area contributed by atoms with Crippen molar-refractivity contribution < 1.29 is 9.59 Å². The fourth-order valence-corrected chi connectivity index (χ4v) is 3.09. The summed E-state index contributed by atoms with van der Waals surface area (Å²) in [5.74, 6) is -0.451. The Morgan fingerprint density at radius 2 is 1.43 bits per heavy atom. The van der Waals surface area contributed by atoms with E-state index in [-0.39, 0.29) is 18.2 Å². The first-order valence-corrected chi connectivity index (χ1v) is 9.42. The molecule has 0 unspecified atom stereocenters. The van der Waals surface area contributed by atoms with Gasteiger partial charge >= 0.3 is 0 Å². The summed E-state index contributed by atoms with van der Waals surface area (Å²) in [7, 11) is 0. The first kappa shape index (κ1) is 19.6. The van der Waals surface area contributed by atoms with Crippen molar-refractivity contribution in [3.05, 3.63) is 107 Å². The molecule has 0 aliphatic rings. The Hall–Kier alpha value is -3.11. The summed E-state index contributed by atoms with van der Waals surface area (Å²) in [6, 6.07) is 25.5. The van der Waals surface area contributed by atoms with Gasteiger partial charge in [0.05, 0.1) is 23.0 Å². The minimum atomic E-state index is -0.458. The number of amides is 2. The first-order chi connectivity index (χ1) is 13.6. The Bertz CT molecular complexity index is 930. The van der Waals surface area contributed by atoms with Crippen LogP contribution in [0.15, 0.2) is 84.9 Å². The fraction of sp³-hybridized carbons (Fsp3) is 0.130. The van der Waals surface area contributed by atoms with Crippen molar-refractivity contribution in [2.75, 3.05) is 0 Å². The van der Waals surface area contributed by atoms with Crippen LogP contribution in [0, 0.1) is 0 Å². The van der Waals surface area contributed by atoms with E-state index in [1.165, 1.54) is 0 Å². The van der Waals surface area contributed by atoms with Crippen LogP contribution < -0.4 is 10.6 Å². The van der Waals surface area contributed by atoms with Gasteiger partial charge in [0.1, 0.15) is 0 Å². The van der Waals surface area contributed by atoms with Gasteiger partial charge in [-0.1, -0.05) is 84.4 Å². The number of hydrogen-bond donors (Lipinski definition) is 2. The van der Waals surface area contributed by atoms with E-state index in [1.807, 2.05) is 60.7 Å². The van der Waals surface area contributed by atoms with Crippen molar-refractivity contribution >= 4 is 23.4 Å². The maximum absolute atomic E-state index is 12.7. The molecule has 142 valence electrons. The molecule has 0 aromatic heterocycles. The molecule has 28 heavy (non-hydrogen) atoms. The Morgan fingerprint density at radius 1 is 0.821 bits per heavy atom. The lowest BCUT2D eigenvalue weighted by Crippen LogP contribution is -2.33. The van der Waals surface area contributed by atoms with Crippen molar-refractivity contribution in [3.8, 4) is 0 Å². The molecular weight excluding hydrogens is 372 g/mol. The normalized spacial score (nSPS) is 11.5. The zero-order valence-electron chi connectivity index (χ0n) is 15.3. The highest BCUT2D eigenvalue weighted by Gasteiger charge is 2.20. The van der Waals surface area contributed by atoms with E-state index in [4.69, 9.17) is 11.6 Å². The standard InChI is InChI=1S/C23H21ClN2O2/c24-20-14-8-7-13-19(20)23(28)26-21(18-11-5-2-6-12-18)15-22(27)25-16-17-9-3-1-4-10-17/h1-14,21H,15-16H2,(H,25,27)(H,26,28)/t21-/m0/s1. The van der Waals surface area contributed by atoms with Crippen LogP contribution in [0.4, 0.5) is 0 Å². The molecule has 3 aromatic carbocycles. The Kier molecular flexibility index (Phi) is 6.82. The largest absolute Gasteiger partial charge is 0.352 e. The minimum Gasteiger partial charge on any atom is -0.352 e. The monoisotopic (exact) mass is 392 g/mol. The summed E-state index contributed by atoms with van der Waals surface area (Å²) in [4.78, 5) is 25.2. The SMILES string of the molecule is O=C(C[C@H](NC(=O)c1ccccc1Cl)c1ccccc1)NCc1ccccc1. The van der Waals surface area contributed by atoms with Crippen LogP contribution in [0.1, 0.15) is 33.9 Å². The molecule has 1 atom stereocenters. The van der Waals surface area contributed by atoms with Crippen molar-refractivity contribution in [1.82, 2.24) is 10.6 Å². The van der Waals surface area contributed by atoms with Crippen LogP contribution in [0.25, 0.3) is 0 Å². The molecule has 2 amide bonds. The van der Waals surface area contributed by atoms with Gasteiger partial charge in [0, 0.05) is 6.54 Å². The van der Waals surface area contributed by atoms with Crippen LogP contribution in [-0.2, 0) is 11.3 Å². The summed E-state index contributed by atoms with van der Waals surface area (Å²) in [6.45, 7) is 0.444. The molecule has 0 radical (unpaired) electrons. The number of carbonyl (C=O) groups excluding carboxylic acids is 2. The number of hydrogen-bond acceptors (Lipinski definition) is 2. The lowest BCUT2D eigenvalue weighted by molar-refractivity contribution is -0.121. The van der Waals surface area contributed by atoms with Gasteiger partial charge < -0.3 is 10.6 Å². The van der Waals surface area contributed by atoms with Crippen LogP contribution in [0.5, 0.6) is 0 Å². The predicted octanol–water partition coefficient (Wildman–Crippen LogP) is 4.52. The zero-order valence-corrected chi connectivity index (χ0v) is 16.0. The molecule has 0 spiro atoms. The average molecular weight is 393 g/mol. The van der Waals surface area contributed by atoms with Crippen LogP contribution >= 0.6 is 11.6 Å². The summed E-state index contributed by atoms with van der Waals surface area (Å²) < 4.78 is 0. The van der Waals surface area contributed by atoms with Gasteiger partial charge in [-0.2, -0.15) is 0 Å². The third-order valence-corrected chi connectivity index (χ3v) is 4.68. The molecule has 4 nitrogen and oxygen atoms in total. The van der Waals surface area contributed by atoms with Crippen LogP contribution in [-0.4, -0.2) is 11.8 Å². The molecule has 0 aliphatic heterocycles. The number of carbonyl (C=O) groups is 2. The summed E-state index contributed by atoms with van der Waals surface area (Å²) in [5.41, 5.74) is 2.26. The van der Waals surface area contributed by atoms with Gasteiger partial charge in [-0.05, 0) is 23.3 Å². The molecule has 3 rings (SSSR count). The third-order valence-electron chi connectivity index (χ3n) is 4.35. The van der Waals surface area contributed by atoms with Crippen molar-refractivity contribution in [2.24, 2.45) is 0 Å². The zero-order chi connectivity index (χ0) is 19.8. The maximum atomic E-state index is 12.7. The second-order valence-corrected chi connectivity index (χ2v) is 6.79. The van der Waals surface area contributed by atoms with Gasteiger partial charge in [0.15, 0.2) is 0 Å². The molecule has 2 N–H and O–H groups in total. The topological polar surface area (TPSA) is 58.2 Å². The Labute approximate surface area is 169 Å². The van der Waals surface area contributed by atoms with Crippen LogP contribution in [0.3, 0.4) is 0 Å². The number of halogens is 1. The van der Waals surface area contributed by atoms with E-state index < -0.39 is 6.04 Å². The number of benzene rings is 3. The second kappa shape index (κ2) is 9.72. The van der Waals surface area contributed by atoms with Gasteiger partial charge in [0.25, 0.3) is 5.91 Å². The van der Waals surface area contributed by atoms with Gasteiger partial charge in [0.2, 0.25) is 5.91 Å². The lowest BCUT2D eigenvalue weighted by atomic mass is 10.0. The highest BCUT2D eigenvalue weighted by Crippen LogP contribution is 2.20. The molecule has 0 heterocycles. The highest BCUT2D eigenvalue weighted by atomic mass is 35.5. The molecule has 0 saturated carbocycles. The molecule has 0 bridgehead atoms. The van der Waals surface area contributed by atoms with Crippen molar-refractivity contribution in [1.29, 1.82) is 0 Å². The molecule has 0 saturated heterocycles. The lowest BCUT2D eigenvalue weighted by Gasteiger charge is -2.19. The maximum Gasteiger partial charge on any atom is 0.253 e. The van der Waals surface area contributed by atoms with Crippen molar-refractivity contribution in [3.63, 3.8) is 0 Å². The molecule has 0 aliphatic carbocycles. The molecule has 5 heteroatoms. The predicted molar refractivity (Wildman–Crippen MR) is 111 cm³/mol. The summed E-state index contributed by atoms with van der Waals surface area (Å²) in [6.07, 6.45) is 0.132. The van der Waals surface area contributed by atoms with Gasteiger partial charge in [-0.3, -0.25) is 9.59 Å². The molecule has 3 aromatic rings. The van der Waals surface area contributed by atoms with Gasteiger partial charge in [-0.25, -0.2) is 0 Å².